The average molecular weight is 271 g/mol. The van der Waals surface area contributed by atoms with E-state index in [1.54, 1.807) is 12.1 Å². The second kappa shape index (κ2) is 5.61. The van der Waals surface area contributed by atoms with Crippen molar-refractivity contribution in [2.45, 2.75) is 19.8 Å². The second-order valence-corrected chi connectivity index (χ2v) is 4.90. The molecule has 0 saturated carbocycles. The number of nitrogens with zero attached hydrogens (tertiary/aromatic N) is 1. The number of hydrogen-bond donors (Lipinski definition) is 2. The fourth-order valence-electron chi connectivity index (χ4n) is 2.07. The highest BCUT2D eigenvalue weighted by molar-refractivity contribution is 5.71. The smallest absolute Gasteiger partial charge is 0.292 e. The molecule has 0 aliphatic heterocycles. The molecule has 0 spiro atoms. The molecule has 0 fully saturated rings. The van der Waals surface area contributed by atoms with E-state index in [1.165, 1.54) is 11.6 Å². The summed E-state index contributed by atoms with van der Waals surface area (Å²) in [6.45, 7) is 4.23. The molecule has 2 aromatic carbocycles. The number of nitro groups is 1. The summed E-state index contributed by atoms with van der Waals surface area (Å²) >= 11 is 0. The maximum atomic E-state index is 10.7. The van der Waals surface area contributed by atoms with Crippen LogP contribution in [0.2, 0.25) is 0 Å². The fourth-order valence-corrected chi connectivity index (χ4v) is 2.07. The number of para-hydroxylation sites is 1. The highest BCUT2D eigenvalue weighted by atomic mass is 16.6. The Balaban J connectivity index is 2.31. The molecule has 2 aromatic rings. The van der Waals surface area contributed by atoms with Crippen LogP contribution in [0, 0.1) is 10.1 Å². The zero-order valence-electron chi connectivity index (χ0n) is 11.5. The van der Waals surface area contributed by atoms with Gasteiger partial charge < -0.3 is 11.1 Å². The molecule has 0 saturated heterocycles. The maximum absolute atomic E-state index is 10.7. The lowest BCUT2D eigenvalue weighted by molar-refractivity contribution is -0.383. The van der Waals surface area contributed by atoms with Gasteiger partial charge in [-0.3, -0.25) is 10.1 Å². The first kappa shape index (κ1) is 13.9. The van der Waals surface area contributed by atoms with Gasteiger partial charge >= 0.3 is 0 Å². The average Bonchev–Trinajstić information content (AvgIpc) is 2.38. The summed E-state index contributed by atoms with van der Waals surface area (Å²) in [6.07, 6.45) is 0. The van der Waals surface area contributed by atoms with Gasteiger partial charge in [0.05, 0.1) is 4.92 Å². The first-order chi connectivity index (χ1) is 9.49. The monoisotopic (exact) mass is 271 g/mol. The minimum Gasteiger partial charge on any atom is -0.393 e. The molecule has 0 aliphatic rings. The summed E-state index contributed by atoms with van der Waals surface area (Å²) in [5.41, 5.74) is 8.67. The molecule has 2 rings (SSSR count). The normalized spacial score (nSPS) is 10.6. The van der Waals surface area contributed by atoms with Crippen LogP contribution in [0.3, 0.4) is 0 Å². The molecule has 104 valence electrons. The molecule has 0 aliphatic carbocycles. The summed E-state index contributed by atoms with van der Waals surface area (Å²) in [5, 5.41) is 14.0. The summed E-state index contributed by atoms with van der Waals surface area (Å²) in [7, 11) is 0. The molecular formula is C15H17N3O2. The van der Waals surface area contributed by atoms with Crippen LogP contribution in [0.4, 0.5) is 22.7 Å². The first-order valence-corrected chi connectivity index (χ1v) is 6.39. The van der Waals surface area contributed by atoms with Crippen LogP contribution in [-0.2, 0) is 0 Å². The van der Waals surface area contributed by atoms with Crippen molar-refractivity contribution in [1.29, 1.82) is 0 Å². The predicted molar refractivity (Wildman–Crippen MR) is 81.3 cm³/mol. The van der Waals surface area contributed by atoms with Crippen molar-refractivity contribution in [3.05, 3.63) is 58.1 Å². The lowest BCUT2D eigenvalue weighted by Gasteiger charge is -2.14. The minimum atomic E-state index is -0.485. The van der Waals surface area contributed by atoms with Crippen molar-refractivity contribution in [2.75, 3.05) is 11.1 Å². The highest BCUT2D eigenvalue weighted by Crippen LogP contribution is 2.30. The van der Waals surface area contributed by atoms with Gasteiger partial charge in [0.25, 0.3) is 5.69 Å². The van der Waals surface area contributed by atoms with Gasteiger partial charge in [-0.15, -0.1) is 0 Å². The van der Waals surface area contributed by atoms with E-state index < -0.39 is 4.92 Å². The van der Waals surface area contributed by atoms with Crippen LogP contribution in [0.25, 0.3) is 0 Å². The third-order valence-electron chi connectivity index (χ3n) is 3.09. The van der Waals surface area contributed by atoms with Gasteiger partial charge in [0.15, 0.2) is 0 Å². The molecule has 0 amide bonds. The minimum absolute atomic E-state index is 0.0762. The Morgan fingerprint density at radius 2 is 1.90 bits per heavy atom. The van der Waals surface area contributed by atoms with E-state index in [0.717, 1.165) is 11.4 Å². The van der Waals surface area contributed by atoms with Gasteiger partial charge in [-0.25, -0.2) is 0 Å². The summed E-state index contributed by atoms with van der Waals surface area (Å²) in [6, 6.07) is 12.6. The molecule has 0 aromatic heterocycles. The van der Waals surface area contributed by atoms with Gasteiger partial charge in [-0.05, 0) is 29.7 Å². The molecule has 0 atom stereocenters. The number of nitrogens with two attached hydrogens (primary N) is 1. The lowest BCUT2D eigenvalue weighted by atomic mass is 10.0. The van der Waals surface area contributed by atoms with E-state index in [-0.39, 0.29) is 11.4 Å². The van der Waals surface area contributed by atoms with Crippen molar-refractivity contribution in [3.63, 3.8) is 0 Å². The quantitative estimate of drug-likeness (QED) is 0.499. The van der Waals surface area contributed by atoms with Crippen molar-refractivity contribution in [3.8, 4) is 0 Å². The molecule has 0 heterocycles. The zero-order valence-corrected chi connectivity index (χ0v) is 11.5. The summed E-state index contributed by atoms with van der Waals surface area (Å²) in [4.78, 5) is 10.3. The van der Waals surface area contributed by atoms with E-state index in [9.17, 15) is 10.1 Å². The van der Waals surface area contributed by atoms with Gasteiger partial charge in [-0.1, -0.05) is 32.0 Å². The van der Waals surface area contributed by atoms with E-state index in [2.05, 4.69) is 25.2 Å². The lowest BCUT2D eigenvalue weighted by Crippen LogP contribution is -2.00. The standard InChI is InChI=1S/C15H17N3O2/c1-10(2)12-5-3-4-6-14(12)17-11-7-8-15(18(19)20)13(16)9-11/h3-10,17H,16H2,1-2H3. The molecule has 20 heavy (non-hydrogen) atoms. The number of nitro benzene ring substituents is 1. The number of rotatable bonds is 4. The molecule has 0 unspecified atom stereocenters. The highest BCUT2D eigenvalue weighted by Gasteiger charge is 2.12. The molecule has 5 heteroatoms. The predicted octanol–water partition coefficient (Wildman–Crippen LogP) is 4.04. The van der Waals surface area contributed by atoms with E-state index >= 15 is 0 Å². The Bertz CT molecular complexity index is 639. The fraction of sp³-hybridized carbons (Fsp3) is 0.200. The van der Waals surface area contributed by atoms with Crippen LogP contribution in [0.1, 0.15) is 25.3 Å². The van der Waals surface area contributed by atoms with Crippen molar-refractivity contribution in [2.24, 2.45) is 0 Å². The molecular weight excluding hydrogens is 254 g/mol. The Kier molecular flexibility index (Phi) is 3.89. The van der Waals surface area contributed by atoms with Gasteiger partial charge in [-0.2, -0.15) is 0 Å². The Hall–Kier alpha value is -2.56. The van der Waals surface area contributed by atoms with Gasteiger partial charge in [0.2, 0.25) is 0 Å². The molecule has 0 radical (unpaired) electrons. The topological polar surface area (TPSA) is 81.2 Å². The van der Waals surface area contributed by atoms with Crippen molar-refractivity contribution >= 4 is 22.7 Å². The van der Waals surface area contributed by atoms with E-state index in [1.807, 2.05) is 18.2 Å². The number of nitrogen functional groups attached to an aromatic ring is 1. The summed E-state index contributed by atoms with van der Waals surface area (Å²) < 4.78 is 0. The van der Waals surface area contributed by atoms with Gasteiger partial charge in [0, 0.05) is 17.4 Å². The van der Waals surface area contributed by atoms with Crippen LogP contribution in [0.5, 0.6) is 0 Å². The second-order valence-electron chi connectivity index (χ2n) is 4.90. The third-order valence-corrected chi connectivity index (χ3v) is 3.09. The van der Waals surface area contributed by atoms with Gasteiger partial charge in [0.1, 0.15) is 5.69 Å². The van der Waals surface area contributed by atoms with Crippen LogP contribution in [0.15, 0.2) is 42.5 Å². The third kappa shape index (κ3) is 2.88. The summed E-state index contributed by atoms with van der Waals surface area (Å²) in [5.74, 6) is 0.383. The number of anilines is 3. The molecule has 5 nitrogen and oxygen atoms in total. The largest absolute Gasteiger partial charge is 0.393 e. The maximum Gasteiger partial charge on any atom is 0.292 e. The Labute approximate surface area is 117 Å². The van der Waals surface area contributed by atoms with Crippen molar-refractivity contribution in [1.82, 2.24) is 0 Å². The number of hydrogen-bond acceptors (Lipinski definition) is 4. The Morgan fingerprint density at radius 3 is 2.50 bits per heavy atom. The number of benzene rings is 2. The Morgan fingerprint density at radius 1 is 1.20 bits per heavy atom. The SMILES string of the molecule is CC(C)c1ccccc1Nc1ccc([N+](=O)[O-])c(N)c1. The van der Waals surface area contributed by atoms with Crippen molar-refractivity contribution < 1.29 is 4.92 Å². The van der Waals surface area contributed by atoms with Crippen LogP contribution < -0.4 is 11.1 Å². The van der Waals surface area contributed by atoms with Crippen LogP contribution >= 0.6 is 0 Å². The molecule has 3 N–H and O–H groups in total. The van der Waals surface area contributed by atoms with E-state index in [4.69, 9.17) is 5.73 Å². The van der Waals surface area contributed by atoms with E-state index in [0.29, 0.717) is 5.92 Å². The number of nitrogens with one attached hydrogen (secondary N) is 1. The van der Waals surface area contributed by atoms with Crippen LogP contribution in [-0.4, -0.2) is 4.92 Å². The first-order valence-electron chi connectivity index (χ1n) is 6.39. The zero-order chi connectivity index (χ0) is 14.7. The molecule has 0 bridgehead atoms.